The highest BCUT2D eigenvalue weighted by molar-refractivity contribution is 5.81. The summed E-state index contributed by atoms with van der Waals surface area (Å²) in [6.07, 6.45) is 3.37. The number of carboxylic acid groups (broad SMARTS) is 1. The summed E-state index contributed by atoms with van der Waals surface area (Å²) in [6.45, 7) is 1.88. The molecule has 0 spiro atoms. The van der Waals surface area contributed by atoms with Gasteiger partial charge in [-0.05, 0) is 38.3 Å². The molecule has 1 amide bonds. The average molecular weight is 262 g/mol. The van der Waals surface area contributed by atoms with Crippen LogP contribution in [-0.2, 0) is 9.59 Å². The summed E-state index contributed by atoms with van der Waals surface area (Å²) in [7, 11) is 0. The number of hydrogen-bond acceptors (Lipinski definition) is 3. The van der Waals surface area contributed by atoms with Crippen LogP contribution in [0, 0.1) is 11.8 Å². The highest BCUT2D eigenvalue weighted by atomic mass is 16.4. The molecule has 1 aliphatic rings. The second-order valence-electron chi connectivity index (χ2n) is 5.03. The number of aromatic nitrogens is 1. The highest BCUT2D eigenvalue weighted by Gasteiger charge is 2.34. The van der Waals surface area contributed by atoms with Crippen molar-refractivity contribution in [2.75, 3.05) is 0 Å². The van der Waals surface area contributed by atoms with E-state index in [2.05, 4.69) is 10.3 Å². The molecule has 1 aromatic rings. The molecular formula is C14H18N2O3. The molecule has 1 fully saturated rings. The number of hydrogen-bond donors (Lipinski definition) is 2. The largest absolute Gasteiger partial charge is 0.481 e. The van der Waals surface area contributed by atoms with E-state index in [9.17, 15) is 9.59 Å². The number of carbonyl (C=O) groups is 2. The smallest absolute Gasteiger partial charge is 0.306 e. The third kappa shape index (κ3) is 3.30. The summed E-state index contributed by atoms with van der Waals surface area (Å²) in [4.78, 5) is 27.1. The van der Waals surface area contributed by atoms with Crippen molar-refractivity contribution in [1.29, 1.82) is 0 Å². The Bertz CT molecular complexity index is 461. The van der Waals surface area contributed by atoms with Crippen LogP contribution in [0.4, 0.5) is 0 Å². The molecule has 2 N–H and O–H groups in total. The average Bonchev–Trinajstić information content (AvgIpc) is 2.89. The zero-order chi connectivity index (χ0) is 13.8. The first-order valence-corrected chi connectivity index (χ1v) is 6.52. The number of pyridine rings is 1. The van der Waals surface area contributed by atoms with Crippen LogP contribution in [0.3, 0.4) is 0 Å². The van der Waals surface area contributed by atoms with E-state index in [4.69, 9.17) is 5.11 Å². The molecule has 1 heterocycles. The molecule has 5 heteroatoms. The Balaban J connectivity index is 1.90. The molecule has 0 radical (unpaired) electrons. The lowest BCUT2D eigenvalue weighted by Crippen LogP contribution is -2.32. The van der Waals surface area contributed by atoms with Crippen LogP contribution >= 0.6 is 0 Å². The van der Waals surface area contributed by atoms with Gasteiger partial charge in [-0.3, -0.25) is 14.6 Å². The Labute approximate surface area is 112 Å². The summed E-state index contributed by atoms with van der Waals surface area (Å²) in [5, 5.41) is 11.8. The van der Waals surface area contributed by atoms with E-state index in [1.165, 1.54) is 0 Å². The minimum Gasteiger partial charge on any atom is -0.481 e. The van der Waals surface area contributed by atoms with Gasteiger partial charge in [0.2, 0.25) is 5.91 Å². The SMILES string of the molecule is C[C@H](NC(=O)C1CCC(C(=O)O)C1)c1ccccn1. The number of rotatable bonds is 4. The van der Waals surface area contributed by atoms with Crippen LogP contribution in [0.25, 0.3) is 0 Å². The van der Waals surface area contributed by atoms with E-state index >= 15 is 0 Å². The quantitative estimate of drug-likeness (QED) is 0.866. The van der Waals surface area contributed by atoms with Crippen molar-refractivity contribution in [2.45, 2.75) is 32.2 Å². The summed E-state index contributed by atoms with van der Waals surface area (Å²) >= 11 is 0. The fraction of sp³-hybridized carbons (Fsp3) is 0.500. The van der Waals surface area contributed by atoms with Gasteiger partial charge in [-0.25, -0.2) is 0 Å². The van der Waals surface area contributed by atoms with Gasteiger partial charge in [0.1, 0.15) is 0 Å². The van der Waals surface area contributed by atoms with Gasteiger partial charge in [-0.2, -0.15) is 0 Å². The van der Waals surface area contributed by atoms with E-state index in [1.807, 2.05) is 25.1 Å². The summed E-state index contributed by atoms with van der Waals surface area (Å²) in [5.74, 6) is -1.43. The molecule has 5 nitrogen and oxygen atoms in total. The van der Waals surface area contributed by atoms with Gasteiger partial charge >= 0.3 is 5.97 Å². The summed E-state index contributed by atoms with van der Waals surface area (Å²) in [5.41, 5.74) is 0.809. The van der Waals surface area contributed by atoms with Crippen molar-refractivity contribution >= 4 is 11.9 Å². The van der Waals surface area contributed by atoms with Gasteiger partial charge in [0.05, 0.1) is 17.7 Å². The van der Waals surface area contributed by atoms with Gasteiger partial charge in [0.25, 0.3) is 0 Å². The molecule has 0 aliphatic heterocycles. The van der Waals surface area contributed by atoms with Gasteiger partial charge in [0, 0.05) is 12.1 Å². The van der Waals surface area contributed by atoms with Crippen LogP contribution in [0.2, 0.25) is 0 Å². The van der Waals surface area contributed by atoms with Crippen LogP contribution in [0.15, 0.2) is 24.4 Å². The molecule has 2 unspecified atom stereocenters. The van der Waals surface area contributed by atoms with Crippen molar-refractivity contribution in [3.05, 3.63) is 30.1 Å². The second kappa shape index (κ2) is 5.82. The zero-order valence-electron chi connectivity index (χ0n) is 10.9. The van der Waals surface area contributed by atoms with E-state index in [1.54, 1.807) is 6.20 Å². The van der Waals surface area contributed by atoms with Gasteiger partial charge < -0.3 is 10.4 Å². The molecular weight excluding hydrogens is 244 g/mol. The highest BCUT2D eigenvalue weighted by Crippen LogP contribution is 2.31. The first-order valence-electron chi connectivity index (χ1n) is 6.52. The molecule has 3 atom stereocenters. The topological polar surface area (TPSA) is 79.3 Å². The third-order valence-electron chi connectivity index (χ3n) is 3.64. The molecule has 1 saturated carbocycles. The summed E-state index contributed by atoms with van der Waals surface area (Å²) in [6, 6.07) is 5.41. The van der Waals surface area contributed by atoms with Crippen LogP contribution in [0.5, 0.6) is 0 Å². The minimum absolute atomic E-state index is 0.0677. The summed E-state index contributed by atoms with van der Waals surface area (Å²) < 4.78 is 0. The first kappa shape index (κ1) is 13.5. The molecule has 19 heavy (non-hydrogen) atoms. The van der Waals surface area contributed by atoms with E-state index in [-0.39, 0.29) is 23.8 Å². The predicted octanol–water partition coefficient (Wildman–Crippen LogP) is 1.76. The first-order chi connectivity index (χ1) is 9.08. The number of carboxylic acids is 1. The number of carbonyl (C=O) groups excluding carboxylic acids is 1. The Kier molecular flexibility index (Phi) is 4.14. The van der Waals surface area contributed by atoms with Crippen molar-refractivity contribution in [3.63, 3.8) is 0 Å². The Morgan fingerprint density at radius 2 is 2.11 bits per heavy atom. The van der Waals surface area contributed by atoms with Crippen molar-refractivity contribution in [1.82, 2.24) is 10.3 Å². The molecule has 102 valence electrons. The lowest BCUT2D eigenvalue weighted by atomic mass is 10.0. The normalized spacial score (nSPS) is 23.8. The Morgan fingerprint density at radius 3 is 2.68 bits per heavy atom. The van der Waals surface area contributed by atoms with E-state index in [0.717, 1.165) is 5.69 Å². The molecule has 0 aromatic carbocycles. The maximum absolute atomic E-state index is 12.1. The molecule has 0 saturated heterocycles. The maximum atomic E-state index is 12.1. The second-order valence-corrected chi connectivity index (χ2v) is 5.03. The lowest BCUT2D eigenvalue weighted by Gasteiger charge is -2.16. The minimum atomic E-state index is -0.798. The third-order valence-corrected chi connectivity index (χ3v) is 3.64. The fourth-order valence-corrected chi connectivity index (χ4v) is 2.48. The van der Waals surface area contributed by atoms with Gasteiger partial charge in [-0.1, -0.05) is 6.07 Å². The number of aliphatic carboxylic acids is 1. The predicted molar refractivity (Wildman–Crippen MR) is 69.3 cm³/mol. The standard InChI is InChI=1S/C14H18N2O3/c1-9(12-4-2-3-7-15-12)16-13(17)10-5-6-11(8-10)14(18)19/h2-4,7,9-11H,5-6,8H2,1H3,(H,16,17)(H,18,19)/t9-,10?,11?/m0/s1. The molecule has 1 aromatic heterocycles. The van der Waals surface area contributed by atoms with Gasteiger partial charge in [-0.15, -0.1) is 0 Å². The van der Waals surface area contributed by atoms with Crippen LogP contribution in [0.1, 0.15) is 37.9 Å². The van der Waals surface area contributed by atoms with Crippen molar-refractivity contribution in [3.8, 4) is 0 Å². The monoisotopic (exact) mass is 262 g/mol. The van der Waals surface area contributed by atoms with Gasteiger partial charge in [0.15, 0.2) is 0 Å². The molecule has 2 rings (SSSR count). The number of nitrogens with one attached hydrogen (secondary N) is 1. The van der Waals surface area contributed by atoms with E-state index < -0.39 is 5.97 Å². The molecule has 1 aliphatic carbocycles. The number of nitrogens with zero attached hydrogens (tertiary/aromatic N) is 1. The lowest BCUT2D eigenvalue weighted by molar-refractivity contribution is -0.141. The fourth-order valence-electron chi connectivity index (χ4n) is 2.48. The zero-order valence-corrected chi connectivity index (χ0v) is 10.9. The number of amides is 1. The van der Waals surface area contributed by atoms with Crippen LogP contribution < -0.4 is 5.32 Å². The molecule has 0 bridgehead atoms. The van der Waals surface area contributed by atoms with Crippen molar-refractivity contribution < 1.29 is 14.7 Å². The van der Waals surface area contributed by atoms with E-state index in [0.29, 0.717) is 19.3 Å². The maximum Gasteiger partial charge on any atom is 0.306 e. The van der Waals surface area contributed by atoms with Crippen LogP contribution in [-0.4, -0.2) is 22.0 Å². The van der Waals surface area contributed by atoms with Crippen molar-refractivity contribution in [2.24, 2.45) is 11.8 Å². The Hall–Kier alpha value is -1.91. The Morgan fingerprint density at radius 1 is 1.37 bits per heavy atom.